The van der Waals surface area contributed by atoms with Crippen LogP contribution in [-0.2, 0) is 16.1 Å². The van der Waals surface area contributed by atoms with Crippen molar-refractivity contribution in [1.29, 1.82) is 0 Å². The van der Waals surface area contributed by atoms with Crippen molar-refractivity contribution in [1.82, 2.24) is 9.13 Å². The Morgan fingerprint density at radius 2 is 1.78 bits per heavy atom. The molecule has 0 saturated heterocycles. The van der Waals surface area contributed by atoms with E-state index in [1.165, 1.54) is 11.3 Å². The number of carbonyl (C=O) groups excluding carboxylic acids is 1. The van der Waals surface area contributed by atoms with Gasteiger partial charge in [-0.1, -0.05) is 77.0 Å². The number of fused-ring (bicyclic) bond motifs is 2. The van der Waals surface area contributed by atoms with Gasteiger partial charge in [0, 0.05) is 34.3 Å². The molecular formula is C36H33Cl2N3O4S. The summed E-state index contributed by atoms with van der Waals surface area (Å²) in [5.74, 6) is 0.0818. The first-order valence-electron chi connectivity index (χ1n) is 15.1. The lowest BCUT2D eigenvalue weighted by atomic mass is 9.95. The quantitative estimate of drug-likeness (QED) is 0.163. The predicted molar refractivity (Wildman–Crippen MR) is 185 cm³/mol. The minimum atomic E-state index is -0.774. The molecule has 7 nitrogen and oxygen atoms in total. The summed E-state index contributed by atoms with van der Waals surface area (Å²) in [5.41, 5.74) is 5.23. The summed E-state index contributed by atoms with van der Waals surface area (Å²) < 4.78 is 16.0. The third-order valence-corrected chi connectivity index (χ3v) is 9.70. The predicted octanol–water partition coefficient (Wildman–Crippen LogP) is 7.20. The van der Waals surface area contributed by atoms with Crippen LogP contribution in [0.25, 0.3) is 17.0 Å². The van der Waals surface area contributed by atoms with Crippen LogP contribution in [0.15, 0.2) is 87.8 Å². The molecule has 46 heavy (non-hydrogen) atoms. The molecule has 2 aromatic heterocycles. The molecule has 3 heterocycles. The van der Waals surface area contributed by atoms with E-state index in [0.717, 1.165) is 27.7 Å². The molecular weight excluding hydrogens is 641 g/mol. The maximum absolute atomic E-state index is 14.4. The summed E-state index contributed by atoms with van der Waals surface area (Å²) in [6, 6.07) is 20.5. The second kappa shape index (κ2) is 12.9. The summed E-state index contributed by atoms with van der Waals surface area (Å²) >= 11 is 13.8. The second-order valence-electron chi connectivity index (χ2n) is 11.4. The van der Waals surface area contributed by atoms with Crippen LogP contribution < -0.4 is 19.6 Å². The summed E-state index contributed by atoms with van der Waals surface area (Å²) in [5, 5.41) is 2.03. The fraction of sp³-hybridized carbons (Fsp3) is 0.250. The molecule has 6 rings (SSSR count). The summed E-state index contributed by atoms with van der Waals surface area (Å²) in [6.45, 7) is 10.2. The van der Waals surface area contributed by atoms with Crippen molar-refractivity contribution in [3.63, 3.8) is 0 Å². The smallest absolute Gasteiger partial charge is 0.338 e. The topological polar surface area (TPSA) is 74.8 Å². The zero-order chi connectivity index (χ0) is 32.7. The fourth-order valence-electron chi connectivity index (χ4n) is 5.95. The van der Waals surface area contributed by atoms with Crippen molar-refractivity contribution in [2.75, 3.05) is 6.61 Å². The third kappa shape index (κ3) is 5.81. The number of esters is 1. The number of allylic oxidation sites excluding steroid dienone is 1. The molecule has 0 fully saturated rings. The molecule has 0 saturated carbocycles. The van der Waals surface area contributed by atoms with Crippen LogP contribution in [0.3, 0.4) is 0 Å². The van der Waals surface area contributed by atoms with Crippen LogP contribution in [-0.4, -0.2) is 27.8 Å². The molecule has 1 aliphatic heterocycles. The van der Waals surface area contributed by atoms with E-state index >= 15 is 0 Å². The monoisotopic (exact) mass is 673 g/mol. The summed E-state index contributed by atoms with van der Waals surface area (Å²) in [4.78, 5) is 33.1. The van der Waals surface area contributed by atoms with Gasteiger partial charge < -0.3 is 14.0 Å². The average molecular weight is 675 g/mol. The number of hydrogen-bond donors (Lipinski definition) is 0. The van der Waals surface area contributed by atoms with E-state index in [9.17, 15) is 9.59 Å². The van der Waals surface area contributed by atoms with Crippen LogP contribution >= 0.6 is 34.5 Å². The van der Waals surface area contributed by atoms with Gasteiger partial charge in [0.25, 0.3) is 5.56 Å². The van der Waals surface area contributed by atoms with E-state index in [1.54, 1.807) is 24.5 Å². The first kappa shape index (κ1) is 31.9. The highest BCUT2D eigenvalue weighted by Gasteiger charge is 2.35. The lowest BCUT2D eigenvalue weighted by Crippen LogP contribution is -2.40. The van der Waals surface area contributed by atoms with Gasteiger partial charge in [0.2, 0.25) is 0 Å². The van der Waals surface area contributed by atoms with E-state index in [1.807, 2.05) is 75.4 Å². The maximum atomic E-state index is 14.4. The van der Waals surface area contributed by atoms with Crippen LogP contribution in [0.2, 0.25) is 10.0 Å². The lowest BCUT2D eigenvalue weighted by Gasteiger charge is -2.26. The highest BCUT2D eigenvalue weighted by Crippen LogP contribution is 2.36. The summed E-state index contributed by atoms with van der Waals surface area (Å²) in [7, 11) is 0. The Labute approximate surface area is 280 Å². The molecule has 0 bridgehead atoms. The Morgan fingerprint density at radius 1 is 1.04 bits per heavy atom. The molecule has 5 aromatic rings. The average Bonchev–Trinajstić information content (AvgIpc) is 3.46. The van der Waals surface area contributed by atoms with Crippen molar-refractivity contribution in [2.45, 2.75) is 53.3 Å². The van der Waals surface area contributed by atoms with Gasteiger partial charge in [-0.25, -0.2) is 9.79 Å². The number of nitrogens with zero attached hydrogens (tertiary/aromatic N) is 3. The van der Waals surface area contributed by atoms with Gasteiger partial charge in [-0.3, -0.25) is 9.36 Å². The van der Waals surface area contributed by atoms with Gasteiger partial charge in [0.1, 0.15) is 11.8 Å². The highest BCUT2D eigenvalue weighted by atomic mass is 35.5. The Kier molecular flexibility index (Phi) is 8.97. The van der Waals surface area contributed by atoms with E-state index in [-0.39, 0.29) is 18.3 Å². The highest BCUT2D eigenvalue weighted by molar-refractivity contribution is 7.07. The van der Waals surface area contributed by atoms with Crippen molar-refractivity contribution in [3.05, 3.63) is 130 Å². The van der Waals surface area contributed by atoms with Gasteiger partial charge in [-0.15, -0.1) is 0 Å². The van der Waals surface area contributed by atoms with Crippen molar-refractivity contribution in [2.24, 2.45) is 4.99 Å². The molecule has 0 aliphatic carbocycles. The lowest BCUT2D eigenvalue weighted by molar-refractivity contribution is -0.139. The van der Waals surface area contributed by atoms with Gasteiger partial charge in [0.15, 0.2) is 4.80 Å². The van der Waals surface area contributed by atoms with Gasteiger partial charge >= 0.3 is 5.97 Å². The number of ether oxygens (including phenoxy) is 2. The normalized spacial score (nSPS) is 15.0. The minimum Gasteiger partial charge on any atom is -0.491 e. The number of thiazole rings is 1. The van der Waals surface area contributed by atoms with Crippen LogP contribution in [0.5, 0.6) is 5.75 Å². The Bertz CT molecular complexity index is 2210. The molecule has 1 atom stereocenters. The summed E-state index contributed by atoms with van der Waals surface area (Å²) in [6.07, 6.45) is 1.82. The largest absolute Gasteiger partial charge is 0.491 e. The maximum Gasteiger partial charge on any atom is 0.338 e. The van der Waals surface area contributed by atoms with Crippen LogP contribution in [0.1, 0.15) is 56.1 Å². The SMILES string of the molecule is CCOC(=O)C1=C(C)N=c2s/c(=C\c3c(C)n(Cc4ccc(Cl)c(Cl)c4)c4ccccc34)c(=O)n2[C@@H]1c1ccccc1OC(C)C. The van der Waals surface area contributed by atoms with Crippen molar-refractivity contribution >= 4 is 57.5 Å². The first-order chi connectivity index (χ1) is 22.1. The van der Waals surface area contributed by atoms with Gasteiger partial charge in [-0.05, 0) is 70.5 Å². The van der Waals surface area contributed by atoms with Crippen molar-refractivity contribution < 1.29 is 14.3 Å². The number of hydrogen-bond acceptors (Lipinski definition) is 6. The minimum absolute atomic E-state index is 0.114. The number of rotatable bonds is 8. The zero-order valence-corrected chi connectivity index (χ0v) is 28.5. The molecule has 1 aliphatic rings. The number of para-hydroxylation sites is 2. The number of carbonyl (C=O) groups is 1. The second-order valence-corrected chi connectivity index (χ2v) is 13.2. The number of benzene rings is 3. The Morgan fingerprint density at radius 3 is 2.52 bits per heavy atom. The van der Waals surface area contributed by atoms with Gasteiger partial charge in [0.05, 0.1) is 38.6 Å². The molecule has 0 radical (unpaired) electrons. The molecule has 0 unspecified atom stereocenters. The number of aromatic nitrogens is 2. The van der Waals surface area contributed by atoms with E-state index in [0.29, 0.717) is 48.5 Å². The van der Waals surface area contributed by atoms with E-state index < -0.39 is 12.0 Å². The van der Waals surface area contributed by atoms with Crippen LogP contribution in [0, 0.1) is 6.92 Å². The molecule has 0 amide bonds. The molecule has 236 valence electrons. The van der Waals surface area contributed by atoms with Gasteiger partial charge in [-0.2, -0.15) is 0 Å². The molecule has 0 spiro atoms. The zero-order valence-electron chi connectivity index (χ0n) is 26.1. The van der Waals surface area contributed by atoms with E-state index in [2.05, 4.69) is 16.7 Å². The Balaban J connectivity index is 1.55. The molecule has 10 heteroatoms. The van der Waals surface area contributed by atoms with Crippen molar-refractivity contribution in [3.8, 4) is 5.75 Å². The third-order valence-electron chi connectivity index (χ3n) is 7.97. The molecule has 3 aromatic carbocycles. The van der Waals surface area contributed by atoms with Crippen LogP contribution in [0.4, 0.5) is 0 Å². The van der Waals surface area contributed by atoms with E-state index in [4.69, 9.17) is 37.7 Å². The standard InChI is InChI=1S/C36H33Cl2N3O4S/c1-6-44-35(43)32-21(4)39-36-41(33(32)25-12-8-10-14-30(25)45-20(2)3)34(42)31(46-36)18-26-22(5)40(29-13-9-7-11-24(26)29)19-23-15-16-27(37)28(38)17-23/h7-18,20,33H,6,19H2,1-5H3/b31-18-/t33-/m1/s1. The first-order valence-corrected chi connectivity index (χ1v) is 16.6. The Hall–Kier alpha value is -4.11. The molecule has 0 N–H and O–H groups in total. The fourth-order valence-corrected chi connectivity index (χ4v) is 7.30. The number of halogens is 2.